The molecule has 0 aliphatic carbocycles. The number of para-hydroxylation sites is 1. The Bertz CT molecular complexity index is 1110. The van der Waals surface area contributed by atoms with Gasteiger partial charge >= 0.3 is 5.97 Å². The van der Waals surface area contributed by atoms with E-state index in [-0.39, 0.29) is 21.4 Å². The number of carbonyl (C=O) groups excluding carboxylic acids is 2. The molecule has 0 spiro atoms. The van der Waals surface area contributed by atoms with Crippen molar-refractivity contribution < 1.29 is 22.7 Å². The lowest BCUT2D eigenvalue weighted by Crippen LogP contribution is -2.35. The Morgan fingerprint density at radius 2 is 1.74 bits per heavy atom. The van der Waals surface area contributed by atoms with Crippen LogP contribution in [0.5, 0.6) is 0 Å². The number of esters is 1. The lowest BCUT2D eigenvalue weighted by atomic mass is 10.0. The second-order valence-corrected chi connectivity index (χ2v) is 9.88. The van der Waals surface area contributed by atoms with Gasteiger partial charge in [0.05, 0.1) is 21.2 Å². The van der Waals surface area contributed by atoms with Crippen molar-refractivity contribution in [3.8, 4) is 0 Å². The fourth-order valence-electron chi connectivity index (χ4n) is 3.96. The van der Waals surface area contributed by atoms with Gasteiger partial charge in [0.25, 0.3) is 15.9 Å². The number of halogens is 1. The molecule has 4 rings (SSSR count). The molecule has 0 N–H and O–H groups in total. The summed E-state index contributed by atoms with van der Waals surface area (Å²) in [6, 6.07) is 11.3. The van der Waals surface area contributed by atoms with Gasteiger partial charge in [-0.15, -0.1) is 0 Å². The molecule has 2 aliphatic heterocycles. The number of rotatable bonds is 5. The molecule has 1 amide bonds. The summed E-state index contributed by atoms with van der Waals surface area (Å²) in [7, 11) is -3.90. The number of anilines is 1. The van der Waals surface area contributed by atoms with Crippen molar-refractivity contribution in [1.82, 2.24) is 4.90 Å². The van der Waals surface area contributed by atoms with Crippen molar-refractivity contribution in [3.63, 3.8) is 0 Å². The molecular weight excluding hydrogens is 440 g/mol. The molecule has 9 heteroatoms. The van der Waals surface area contributed by atoms with Crippen LogP contribution in [0.25, 0.3) is 0 Å². The van der Waals surface area contributed by atoms with Crippen LogP contribution in [0, 0.1) is 0 Å². The van der Waals surface area contributed by atoms with Gasteiger partial charge in [-0.05, 0) is 55.5 Å². The van der Waals surface area contributed by atoms with Gasteiger partial charge < -0.3 is 9.64 Å². The fraction of sp³-hybridized carbons (Fsp3) is 0.364. The van der Waals surface area contributed by atoms with E-state index in [1.165, 1.54) is 22.5 Å². The van der Waals surface area contributed by atoms with Crippen LogP contribution < -0.4 is 4.31 Å². The average molecular weight is 463 g/mol. The highest BCUT2D eigenvalue weighted by molar-refractivity contribution is 7.92. The smallest absolute Gasteiger partial charge is 0.340 e. The number of ether oxygens (including phenoxy) is 1. The van der Waals surface area contributed by atoms with Crippen LogP contribution in [-0.4, -0.2) is 51.4 Å². The van der Waals surface area contributed by atoms with Gasteiger partial charge in [0.2, 0.25) is 0 Å². The SMILES string of the molecule is O=C(OCC(=O)N1CCCC1)c1cc(S(=O)(=O)N2CCCc3ccccc32)ccc1Cl. The maximum Gasteiger partial charge on any atom is 0.340 e. The standard InChI is InChI=1S/C22H23ClN2O5S/c23-19-10-9-17(14-18(19)22(27)30-15-21(26)24-11-3-4-12-24)31(28,29)25-13-5-7-16-6-1-2-8-20(16)25/h1-2,6,8-10,14H,3-5,7,11-13,15H2. The lowest BCUT2D eigenvalue weighted by molar-refractivity contribution is -0.133. The Morgan fingerprint density at radius 1 is 1.00 bits per heavy atom. The zero-order chi connectivity index (χ0) is 22.0. The van der Waals surface area contributed by atoms with E-state index in [0.29, 0.717) is 31.7 Å². The Balaban J connectivity index is 1.56. The van der Waals surface area contributed by atoms with Gasteiger partial charge in [-0.3, -0.25) is 9.10 Å². The Kier molecular flexibility index (Phi) is 6.20. The summed E-state index contributed by atoms with van der Waals surface area (Å²) in [5.41, 5.74) is 1.53. The second-order valence-electron chi connectivity index (χ2n) is 7.62. The summed E-state index contributed by atoms with van der Waals surface area (Å²) in [5.74, 6) is -1.09. The molecule has 0 radical (unpaired) electrons. The predicted molar refractivity (Wildman–Crippen MR) is 117 cm³/mol. The largest absolute Gasteiger partial charge is 0.452 e. The van der Waals surface area contributed by atoms with E-state index in [0.717, 1.165) is 24.8 Å². The second kappa shape index (κ2) is 8.88. The average Bonchev–Trinajstić information content (AvgIpc) is 3.32. The number of hydrogen-bond acceptors (Lipinski definition) is 5. The molecule has 0 bridgehead atoms. The topological polar surface area (TPSA) is 84.0 Å². The number of fused-ring (bicyclic) bond motifs is 1. The van der Waals surface area contributed by atoms with Crippen LogP contribution in [0.15, 0.2) is 47.4 Å². The van der Waals surface area contributed by atoms with Crippen LogP contribution >= 0.6 is 11.6 Å². The van der Waals surface area contributed by atoms with Gasteiger partial charge in [-0.2, -0.15) is 0 Å². The van der Waals surface area contributed by atoms with E-state index in [4.69, 9.17) is 16.3 Å². The zero-order valence-corrected chi connectivity index (χ0v) is 18.5. The van der Waals surface area contributed by atoms with E-state index < -0.39 is 22.6 Å². The van der Waals surface area contributed by atoms with Crippen LogP contribution in [0.3, 0.4) is 0 Å². The van der Waals surface area contributed by atoms with E-state index in [1.54, 1.807) is 17.0 Å². The first kappa shape index (κ1) is 21.6. The van der Waals surface area contributed by atoms with Crippen molar-refractivity contribution in [3.05, 3.63) is 58.6 Å². The molecule has 2 aromatic rings. The monoisotopic (exact) mass is 462 g/mol. The first-order valence-corrected chi connectivity index (χ1v) is 12.0. The first-order chi connectivity index (χ1) is 14.9. The molecule has 0 saturated carbocycles. The van der Waals surface area contributed by atoms with E-state index >= 15 is 0 Å². The van der Waals surface area contributed by atoms with Crippen LogP contribution in [0.1, 0.15) is 35.2 Å². The maximum absolute atomic E-state index is 13.3. The minimum absolute atomic E-state index is 0.0496. The van der Waals surface area contributed by atoms with Crippen molar-refractivity contribution >= 4 is 39.2 Å². The van der Waals surface area contributed by atoms with Gasteiger partial charge in [-0.1, -0.05) is 29.8 Å². The number of amides is 1. The molecule has 31 heavy (non-hydrogen) atoms. The van der Waals surface area contributed by atoms with Crippen molar-refractivity contribution in [1.29, 1.82) is 0 Å². The molecule has 0 aromatic heterocycles. The third kappa shape index (κ3) is 4.41. The number of carbonyl (C=O) groups is 2. The van der Waals surface area contributed by atoms with Gasteiger partial charge in [0, 0.05) is 19.6 Å². The van der Waals surface area contributed by atoms with Crippen molar-refractivity contribution in [2.75, 3.05) is 30.5 Å². The minimum Gasteiger partial charge on any atom is -0.452 e. The lowest BCUT2D eigenvalue weighted by Gasteiger charge is -2.30. The quantitative estimate of drug-likeness (QED) is 0.637. The normalized spacial score (nSPS) is 16.2. The number of nitrogens with zero attached hydrogens (tertiary/aromatic N) is 2. The highest BCUT2D eigenvalue weighted by atomic mass is 35.5. The summed E-state index contributed by atoms with van der Waals surface area (Å²) in [6.45, 7) is 1.27. The van der Waals surface area contributed by atoms with Crippen LogP contribution in [0.2, 0.25) is 5.02 Å². The molecule has 2 heterocycles. The summed E-state index contributed by atoms with van der Waals surface area (Å²) < 4.78 is 33.2. The molecule has 2 aliphatic rings. The zero-order valence-electron chi connectivity index (χ0n) is 16.9. The molecule has 1 fully saturated rings. The molecule has 2 aromatic carbocycles. The van der Waals surface area contributed by atoms with Crippen molar-refractivity contribution in [2.24, 2.45) is 0 Å². The highest BCUT2D eigenvalue weighted by Crippen LogP contribution is 2.33. The number of likely N-dealkylation sites (tertiary alicyclic amines) is 1. The third-order valence-corrected chi connectivity index (χ3v) is 7.74. The number of aryl methyl sites for hydroxylation is 1. The minimum atomic E-state index is -3.90. The molecule has 164 valence electrons. The number of hydrogen-bond donors (Lipinski definition) is 0. The van der Waals surface area contributed by atoms with Crippen LogP contribution in [0.4, 0.5) is 5.69 Å². The Hall–Kier alpha value is -2.58. The van der Waals surface area contributed by atoms with Crippen LogP contribution in [-0.2, 0) is 26.0 Å². The molecule has 0 unspecified atom stereocenters. The van der Waals surface area contributed by atoms with Gasteiger partial charge in [0.15, 0.2) is 6.61 Å². The predicted octanol–water partition coefficient (Wildman–Crippen LogP) is 3.26. The van der Waals surface area contributed by atoms with Crippen molar-refractivity contribution in [2.45, 2.75) is 30.6 Å². The summed E-state index contributed by atoms with van der Waals surface area (Å²) in [4.78, 5) is 26.3. The number of benzene rings is 2. The van der Waals surface area contributed by atoms with E-state index in [2.05, 4.69) is 0 Å². The first-order valence-electron chi connectivity index (χ1n) is 10.2. The summed E-state index contributed by atoms with van der Waals surface area (Å²) in [5, 5.41) is 0.0663. The number of sulfonamides is 1. The van der Waals surface area contributed by atoms with E-state index in [1.807, 2.05) is 12.1 Å². The highest BCUT2D eigenvalue weighted by Gasteiger charge is 2.30. The maximum atomic E-state index is 13.3. The molecule has 1 saturated heterocycles. The molecule has 7 nitrogen and oxygen atoms in total. The Morgan fingerprint density at radius 3 is 2.52 bits per heavy atom. The van der Waals surface area contributed by atoms with E-state index in [9.17, 15) is 18.0 Å². The fourth-order valence-corrected chi connectivity index (χ4v) is 5.72. The molecule has 0 atom stereocenters. The third-order valence-electron chi connectivity index (χ3n) is 5.60. The van der Waals surface area contributed by atoms with Gasteiger partial charge in [-0.25, -0.2) is 13.2 Å². The summed E-state index contributed by atoms with van der Waals surface area (Å²) >= 11 is 6.15. The van der Waals surface area contributed by atoms with Gasteiger partial charge in [0.1, 0.15) is 0 Å². The molecular formula is C22H23ClN2O5S. The Labute approximate surface area is 186 Å². The summed E-state index contributed by atoms with van der Waals surface area (Å²) in [6.07, 6.45) is 3.39.